The van der Waals surface area contributed by atoms with Gasteiger partial charge in [-0.15, -0.1) is 0 Å². The summed E-state index contributed by atoms with van der Waals surface area (Å²) in [6, 6.07) is 9.12. The number of nitrogens with zero attached hydrogens (tertiary/aromatic N) is 5. The van der Waals surface area contributed by atoms with E-state index in [1.54, 1.807) is 29.0 Å². The first-order valence-corrected chi connectivity index (χ1v) is 9.57. The predicted octanol–water partition coefficient (Wildman–Crippen LogP) is 2.84. The molecule has 142 valence electrons. The Morgan fingerprint density at radius 3 is 2.89 bits per heavy atom. The molecule has 0 spiro atoms. The van der Waals surface area contributed by atoms with Crippen LogP contribution in [-0.2, 0) is 6.54 Å². The Morgan fingerprint density at radius 2 is 2.00 bits per heavy atom. The SMILES string of the molecule is O=C(Nc1ccc2nc(CN3CCCCC3)[nH]c2c1)c1ccn2nccc2n1. The summed E-state index contributed by atoms with van der Waals surface area (Å²) < 4.78 is 1.62. The van der Waals surface area contributed by atoms with E-state index < -0.39 is 0 Å². The summed E-state index contributed by atoms with van der Waals surface area (Å²) >= 11 is 0. The zero-order chi connectivity index (χ0) is 18.9. The molecule has 1 aromatic carbocycles. The van der Waals surface area contributed by atoms with Gasteiger partial charge in [0.25, 0.3) is 5.91 Å². The highest BCUT2D eigenvalue weighted by Crippen LogP contribution is 2.19. The Morgan fingerprint density at radius 1 is 1.11 bits per heavy atom. The summed E-state index contributed by atoms with van der Waals surface area (Å²) in [5, 5.41) is 7.00. The second kappa shape index (κ2) is 7.05. The van der Waals surface area contributed by atoms with E-state index in [9.17, 15) is 4.79 Å². The molecule has 3 aromatic heterocycles. The topological polar surface area (TPSA) is 91.2 Å². The number of fused-ring (bicyclic) bond motifs is 2. The fourth-order valence-corrected chi connectivity index (χ4v) is 3.68. The standard InChI is InChI=1S/C20H21N7O/c28-20(16-7-11-27-19(25-16)6-8-21-27)22-14-4-5-15-17(12-14)24-18(23-15)13-26-9-2-1-3-10-26/h4-8,11-12H,1-3,9-10,13H2,(H,22,28)(H,23,24). The van der Waals surface area contributed by atoms with Gasteiger partial charge in [0.2, 0.25) is 0 Å². The zero-order valence-corrected chi connectivity index (χ0v) is 15.4. The number of likely N-dealkylation sites (tertiary alicyclic amines) is 1. The maximum atomic E-state index is 12.5. The molecule has 4 aromatic rings. The summed E-state index contributed by atoms with van der Waals surface area (Å²) in [5.74, 6) is 0.712. The van der Waals surface area contributed by atoms with E-state index in [1.807, 2.05) is 18.2 Å². The average Bonchev–Trinajstić information content (AvgIpc) is 3.34. The minimum atomic E-state index is -0.254. The van der Waals surface area contributed by atoms with E-state index in [0.717, 1.165) is 36.5 Å². The number of piperidine rings is 1. The summed E-state index contributed by atoms with van der Waals surface area (Å²) in [7, 11) is 0. The van der Waals surface area contributed by atoms with Crippen LogP contribution in [0.2, 0.25) is 0 Å². The number of hydrogen-bond acceptors (Lipinski definition) is 5. The highest BCUT2D eigenvalue weighted by atomic mass is 16.1. The monoisotopic (exact) mass is 375 g/mol. The molecule has 8 nitrogen and oxygen atoms in total. The number of aromatic nitrogens is 5. The largest absolute Gasteiger partial charge is 0.341 e. The van der Waals surface area contributed by atoms with Gasteiger partial charge in [-0.25, -0.2) is 14.5 Å². The third-order valence-electron chi connectivity index (χ3n) is 5.10. The lowest BCUT2D eigenvalue weighted by molar-refractivity contribution is 0.102. The average molecular weight is 375 g/mol. The summed E-state index contributed by atoms with van der Waals surface area (Å²) in [4.78, 5) is 27.4. The van der Waals surface area contributed by atoms with E-state index in [2.05, 4.69) is 30.3 Å². The van der Waals surface area contributed by atoms with Crippen LogP contribution in [0.25, 0.3) is 16.7 Å². The van der Waals surface area contributed by atoms with E-state index in [0.29, 0.717) is 17.0 Å². The molecule has 0 radical (unpaired) electrons. The van der Waals surface area contributed by atoms with Crippen LogP contribution in [0, 0.1) is 0 Å². The van der Waals surface area contributed by atoms with Gasteiger partial charge < -0.3 is 10.3 Å². The first-order valence-electron chi connectivity index (χ1n) is 9.57. The lowest BCUT2D eigenvalue weighted by Gasteiger charge is -2.25. The van der Waals surface area contributed by atoms with Crippen molar-refractivity contribution >= 4 is 28.3 Å². The van der Waals surface area contributed by atoms with Crippen LogP contribution in [0.15, 0.2) is 42.7 Å². The molecule has 1 saturated heterocycles. The summed E-state index contributed by atoms with van der Waals surface area (Å²) in [6.45, 7) is 3.10. The van der Waals surface area contributed by atoms with Gasteiger partial charge in [-0.1, -0.05) is 6.42 Å². The number of imidazole rings is 1. The normalized spacial score (nSPS) is 15.3. The zero-order valence-electron chi connectivity index (χ0n) is 15.4. The van der Waals surface area contributed by atoms with Gasteiger partial charge >= 0.3 is 0 Å². The minimum absolute atomic E-state index is 0.254. The van der Waals surface area contributed by atoms with Crippen molar-refractivity contribution in [3.63, 3.8) is 0 Å². The van der Waals surface area contributed by atoms with Crippen LogP contribution in [-0.4, -0.2) is 48.5 Å². The number of carbonyl (C=O) groups is 1. The van der Waals surface area contributed by atoms with Gasteiger partial charge in [0.1, 0.15) is 11.5 Å². The fourth-order valence-electron chi connectivity index (χ4n) is 3.68. The lowest BCUT2D eigenvalue weighted by atomic mass is 10.1. The van der Waals surface area contributed by atoms with Crippen molar-refractivity contribution in [2.45, 2.75) is 25.8 Å². The van der Waals surface area contributed by atoms with Crippen molar-refractivity contribution in [3.05, 3.63) is 54.2 Å². The minimum Gasteiger partial charge on any atom is -0.341 e. The molecule has 1 aliphatic rings. The van der Waals surface area contributed by atoms with Crippen molar-refractivity contribution < 1.29 is 4.79 Å². The molecule has 4 heterocycles. The molecule has 1 amide bonds. The van der Waals surface area contributed by atoms with Crippen LogP contribution in [0.5, 0.6) is 0 Å². The number of aromatic amines is 1. The van der Waals surface area contributed by atoms with E-state index in [1.165, 1.54) is 19.3 Å². The molecular weight excluding hydrogens is 354 g/mol. The molecule has 2 N–H and O–H groups in total. The van der Waals surface area contributed by atoms with Gasteiger partial charge in [0.15, 0.2) is 5.65 Å². The van der Waals surface area contributed by atoms with Crippen LogP contribution >= 0.6 is 0 Å². The molecular formula is C20H21N7O. The number of rotatable bonds is 4. The van der Waals surface area contributed by atoms with Gasteiger partial charge in [0.05, 0.1) is 23.8 Å². The Balaban J connectivity index is 1.33. The lowest BCUT2D eigenvalue weighted by Crippen LogP contribution is -2.29. The van der Waals surface area contributed by atoms with Gasteiger partial charge in [0, 0.05) is 18.0 Å². The number of benzene rings is 1. The van der Waals surface area contributed by atoms with Crippen molar-refractivity contribution in [1.29, 1.82) is 0 Å². The summed E-state index contributed by atoms with van der Waals surface area (Å²) in [5.41, 5.74) is 3.52. The molecule has 0 unspecified atom stereocenters. The van der Waals surface area contributed by atoms with E-state index >= 15 is 0 Å². The Kier molecular flexibility index (Phi) is 4.25. The fraction of sp³-hybridized carbons (Fsp3) is 0.300. The van der Waals surface area contributed by atoms with Crippen LogP contribution in [0.4, 0.5) is 5.69 Å². The number of H-pyrrole nitrogens is 1. The Hall–Kier alpha value is -3.26. The van der Waals surface area contributed by atoms with E-state index in [4.69, 9.17) is 0 Å². The Bertz CT molecular complexity index is 1140. The maximum absolute atomic E-state index is 12.5. The van der Waals surface area contributed by atoms with Crippen LogP contribution in [0.1, 0.15) is 35.6 Å². The summed E-state index contributed by atoms with van der Waals surface area (Å²) in [6.07, 6.45) is 7.22. The molecule has 0 bridgehead atoms. The smallest absolute Gasteiger partial charge is 0.274 e. The van der Waals surface area contributed by atoms with Gasteiger partial charge in [-0.3, -0.25) is 9.69 Å². The molecule has 1 aliphatic heterocycles. The number of hydrogen-bond donors (Lipinski definition) is 2. The van der Waals surface area contributed by atoms with Crippen molar-refractivity contribution in [2.75, 3.05) is 18.4 Å². The van der Waals surface area contributed by atoms with Crippen molar-refractivity contribution in [3.8, 4) is 0 Å². The second-order valence-electron chi connectivity index (χ2n) is 7.15. The number of anilines is 1. The molecule has 8 heteroatoms. The second-order valence-corrected chi connectivity index (χ2v) is 7.15. The van der Waals surface area contributed by atoms with Crippen molar-refractivity contribution in [1.82, 2.24) is 29.5 Å². The highest BCUT2D eigenvalue weighted by molar-refractivity contribution is 6.03. The van der Waals surface area contributed by atoms with Crippen LogP contribution in [0.3, 0.4) is 0 Å². The molecule has 0 atom stereocenters. The third kappa shape index (κ3) is 3.34. The first kappa shape index (κ1) is 16.9. The molecule has 1 fully saturated rings. The number of amides is 1. The van der Waals surface area contributed by atoms with Crippen molar-refractivity contribution in [2.24, 2.45) is 0 Å². The third-order valence-corrected chi connectivity index (χ3v) is 5.10. The maximum Gasteiger partial charge on any atom is 0.274 e. The predicted molar refractivity (Wildman–Crippen MR) is 106 cm³/mol. The van der Waals surface area contributed by atoms with Gasteiger partial charge in [-0.05, 0) is 50.2 Å². The van der Waals surface area contributed by atoms with Crippen LogP contribution < -0.4 is 5.32 Å². The van der Waals surface area contributed by atoms with E-state index in [-0.39, 0.29) is 5.91 Å². The highest BCUT2D eigenvalue weighted by Gasteiger charge is 2.14. The molecule has 0 saturated carbocycles. The molecule has 0 aliphatic carbocycles. The number of nitrogens with one attached hydrogen (secondary N) is 2. The Labute approximate surface area is 161 Å². The molecule has 5 rings (SSSR count). The number of carbonyl (C=O) groups excluding carboxylic acids is 1. The quantitative estimate of drug-likeness (QED) is 0.572. The van der Waals surface area contributed by atoms with Gasteiger partial charge in [-0.2, -0.15) is 5.10 Å². The molecule has 28 heavy (non-hydrogen) atoms. The first-order chi connectivity index (χ1) is 13.7.